The summed E-state index contributed by atoms with van der Waals surface area (Å²) in [7, 11) is 0. The maximum absolute atomic E-state index is 9.82. The van der Waals surface area contributed by atoms with Crippen molar-refractivity contribution < 1.29 is 30.6 Å². The molecule has 15 heavy (non-hydrogen) atoms. The molecule has 6 heteroatoms. The quantitative estimate of drug-likeness (QED) is 0.310. The molecule has 0 spiro atoms. The molecular weight excluding hydrogens is 204 g/mol. The normalized spacial score (nSPS) is 46.8. The highest BCUT2D eigenvalue weighted by Gasteiger charge is 2.52. The lowest BCUT2D eigenvalue weighted by Crippen LogP contribution is -2.60. The molecule has 1 rings (SSSR count). The molecule has 0 atom stereocenters. The lowest BCUT2D eigenvalue weighted by molar-refractivity contribution is -0.209. The summed E-state index contributed by atoms with van der Waals surface area (Å²) >= 11 is 0. The predicted octanol–water partition coefficient (Wildman–Crippen LogP) is -2.66. The van der Waals surface area contributed by atoms with Crippen molar-refractivity contribution in [2.75, 3.05) is 19.8 Å². The zero-order chi connectivity index (χ0) is 11.7. The molecule has 0 aromatic heterocycles. The summed E-state index contributed by atoms with van der Waals surface area (Å²) in [6.45, 7) is -1.92. The third kappa shape index (κ3) is 2.66. The maximum atomic E-state index is 9.82. The number of aliphatic hydroxyl groups excluding tert-OH is 3. The molecule has 0 amide bonds. The molecule has 6 N–H and O–H groups in total. The molecule has 0 heterocycles. The van der Waals surface area contributed by atoms with Crippen molar-refractivity contribution in [3.8, 4) is 0 Å². The van der Waals surface area contributed by atoms with Gasteiger partial charge in [0.15, 0.2) is 0 Å². The van der Waals surface area contributed by atoms with Gasteiger partial charge in [-0.3, -0.25) is 0 Å². The number of hydrogen-bond acceptors (Lipinski definition) is 6. The van der Waals surface area contributed by atoms with Crippen molar-refractivity contribution in [2.45, 2.75) is 36.1 Å². The van der Waals surface area contributed by atoms with Crippen LogP contribution in [-0.2, 0) is 0 Å². The van der Waals surface area contributed by atoms with E-state index in [2.05, 4.69) is 0 Å². The minimum atomic E-state index is -1.67. The molecule has 1 aliphatic carbocycles. The van der Waals surface area contributed by atoms with Crippen LogP contribution in [0.2, 0.25) is 0 Å². The van der Waals surface area contributed by atoms with Crippen LogP contribution >= 0.6 is 0 Å². The number of hydrogen-bond donors (Lipinski definition) is 6. The van der Waals surface area contributed by atoms with Crippen LogP contribution in [0.25, 0.3) is 0 Å². The smallest absolute Gasteiger partial charge is 0.0933 e. The van der Waals surface area contributed by atoms with Crippen LogP contribution in [0.5, 0.6) is 0 Å². The summed E-state index contributed by atoms with van der Waals surface area (Å²) in [5.74, 6) is 0. The molecule has 0 aliphatic heterocycles. The Hall–Kier alpha value is -0.240. The predicted molar refractivity (Wildman–Crippen MR) is 50.0 cm³/mol. The molecule has 6 nitrogen and oxygen atoms in total. The highest BCUT2D eigenvalue weighted by Crippen LogP contribution is 2.40. The fraction of sp³-hybridized carbons (Fsp3) is 1.00. The topological polar surface area (TPSA) is 121 Å². The molecule has 1 fully saturated rings. The summed E-state index contributed by atoms with van der Waals surface area (Å²) in [6.07, 6.45) is -0.681. The monoisotopic (exact) mass is 222 g/mol. The van der Waals surface area contributed by atoms with Crippen molar-refractivity contribution >= 4 is 0 Å². The fourth-order valence-corrected chi connectivity index (χ4v) is 2.36. The van der Waals surface area contributed by atoms with Crippen LogP contribution in [0, 0.1) is 0 Å². The van der Waals surface area contributed by atoms with E-state index in [9.17, 15) is 15.3 Å². The second-order valence-corrected chi connectivity index (χ2v) is 4.68. The summed E-state index contributed by atoms with van der Waals surface area (Å²) in [6, 6.07) is 0. The molecule has 0 aromatic carbocycles. The Kier molecular flexibility index (Phi) is 3.39. The van der Waals surface area contributed by atoms with E-state index in [1.807, 2.05) is 0 Å². The Morgan fingerprint density at radius 2 is 0.800 bits per heavy atom. The van der Waals surface area contributed by atoms with Crippen LogP contribution in [0.4, 0.5) is 0 Å². The van der Waals surface area contributed by atoms with Gasteiger partial charge in [-0.2, -0.15) is 0 Å². The summed E-state index contributed by atoms with van der Waals surface area (Å²) < 4.78 is 0. The first-order valence-corrected chi connectivity index (χ1v) is 4.80. The second kappa shape index (κ2) is 3.97. The van der Waals surface area contributed by atoms with E-state index in [1.165, 1.54) is 0 Å². The van der Waals surface area contributed by atoms with Gasteiger partial charge in [-0.05, 0) is 0 Å². The van der Waals surface area contributed by atoms with Gasteiger partial charge < -0.3 is 30.6 Å². The van der Waals surface area contributed by atoms with E-state index in [-0.39, 0.29) is 19.3 Å². The largest absolute Gasteiger partial charge is 0.393 e. The first kappa shape index (κ1) is 12.8. The minimum Gasteiger partial charge on any atom is -0.393 e. The third-order valence-electron chi connectivity index (χ3n) is 2.86. The Bertz CT molecular complexity index is 185. The number of rotatable bonds is 3. The van der Waals surface area contributed by atoms with Crippen LogP contribution in [0.1, 0.15) is 19.3 Å². The van der Waals surface area contributed by atoms with E-state index in [4.69, 9.17) is 15.3 Å². The average Bonchev–Trinajstić information content (AvgIpc) is 2.16. The minimum absolute atomic E-state index is 0.227. The van der Waals surface area contributed by atoms with E-state index >= 15 is 0 Å². The summed E-state index contributed by atoms with van der Waals surface area (Å²) in [5.41, 5.74) is -5.02. The molecule has 0 unspecified atom stereocenters. The van der Waals surface area contributed by atoms with E-state index in [0.29, 0.717) is 0 Å². The highest BCUT2D eigenvalue weighted by molar-refractivity contribution is 5.04. The Morgan fingerprint density at radius 1 is 0.600 bits per heavy atom. The molecule has 1 aliphatic rings. The van der Waals surface area contributed by atoms with Crippen LogP contribution in [0.3, 0.4) is 0 Å². The van der Waals surface area contributed by atoms with E-state index in [0.717, 1.165) is 0 Å². The van der Waals surface area contributed by atoms with Crippen molar-refractivity contribution in [1.29, 1.82) is 0 Å². The molecule has 1 saturated carbocycles. The van der Waals surface area contributed by atoms with E-state index < -0.39 is 36.6 Å². The summed E-state index contributed by atoms with van der Waals surface area (Å²) in [4.78, 5) is 0. The SMILES string of the molecule is OCC1(O)CC(O)(CO)CC(O)(CO)C1. The summed E-state index contributed by atoms with van der Waals surface area (Å²) in [5, 5.41) is 56.4. The fourth-order valence-electron chi connectivity index (χ4n) is 2.36. The molecule has 0 saturated heterocycles. The standard InChI is InChI=1S/C9H18O6/c10-4-7(13)1-8(14,5-11)3-9(15,2-7)6-12/h10-15H,1-6H2. The van der Waals surface area contributed by atoms with Crippen molar-refractivity contribution in [2.24, 2.45) is 0 Å². The van der Waals surface area contributed by atoms with Gasteiger partial charge >= 0.3 is 0 Å². The van der Waals surface area contributed by atoms with Crippen LogP contribution < -0.4 is 0 Å². The second-order valence-electron chi connectivity index (χ2n) is 4.68. The van der Waals surface area contributed by atoms with Crippen LogP contribution in [-0.4, -0.2) is 67.3 Å². The van der Waals surface area contributed by atoms with Gasteiger partial charge in [-0.25, -0.2) is 0 Å². The maximum Gasteiger partial charge on any atom is 0.0933 e. The van der Waals surface area contributed by atoms with Gasteiger partial charge in [0.1, 0.15) is 0 Å². The Morgan fingerprint density at radius 3 is 0.933 bits per heavy atom. The molecule has 90 valence electrons. The molecular formula is C9H18O6. The van der Waals surface area contributed by atoms with Gasteiger partial charge in [0.05, 0.1) is 36.6 Å². The molecule has 0 aromatic rings. The van der Waals surface area contributed by atoms with Gasteiger partial charge in [0.2, 0.25) is 0 Å². The highest BCUT2D eigenvalue weighted by atomic mass is 16.4. The van der Waals surface area contributed by atoms with Crippen molar-refractivity contribution in [3.63, 3.8) is 0 Å². The number of aliphatic hydroxyl groups is 6. The van der Waals surface area contributed by atoms with Gasteiger partial charge in [-0.15, -0.1) is 0 Å². The van der Waals surface area contributed by atoms with Crippen LogP contribution in [0.15, 0.2) is 0 Å². The lowest BCUT2D eigenvalue weighted by Gasteiger charge is -2.48. The van der Waals surface area contributed by atoms with E-state index in [1.54, 1.807) is 0 Å². The Labute approximate surface area is 87.4 Å². The van der Waals surface area contributed by atoms with Crippen molar-refractivity contribution in [1.82, 2.24) is 0 Å². The van der Waals surface area contributed by atoms with Crippen molar-refractivity contribution in [3.05, 3.63) is 0 Å². The lowest BCUT2D eigenvalue weighted by atomic mass is 9.68. The average molecular weight is 222 g/mol. The first-order chi connectivity index (χ1) is 6.80. The zero-order valence-electron chi connectivity index (χ0n) is 8.43. The first-order valence-electron chi connectivity index (χ1n) is 4.80. The molecule has 0 bridgehead atoms. The zero-order valence-corrected chi connectivity index (χ0v) is 8.43. The third-order valence-corrected chi connectivity index (χ3v) is 2.86. The van der Waals surface area contributed by atoms with Gasteiger partial charge in [0, 0.05) is 19.3 Å². The van der Waals surface area contributed by atoms with Gasteiger partial charge in [-0.1, -0.05) is 0 Å². The molecule has 0 radical (unpaired) electrons. The van der Waals surface area contributed by atoms with Gasteiger partial charge in [0.25, 0.3) is 0 Å². The Balaban J connectivity index is 2.92.